The molecule has 0 aromatic rings. The van der Waals surface area contributed by atoms with Crippen molar-refractivity contribution in [1.29, 1.82) is 0 Å². The number of amides is 1. The molecule has 0 aliphatic carbocycles. The van der Waals surface area contributed by atoms with E-state index in [-0.39, 0.29) is 22.8 Å². The minimum absolute atomic E-state index is 0.0970. The molecule has 1 aliphatic rings. The number of amidine groups is 1. The average Bonchev–Trinajstić information content (AvgIpc) is 2.96. The van der Waals surface area contributed by atoms with Crippen LogP contribution in [0, 0.1) is 0 Å². The summed E-state index contributed by atoms with van der Waals surface area (Å²) in [5.41, 5.74) is 5.65. The molecule has 132 valence electrons. The standard InChI is InChI=1S/C14H25N3O4S2/c1-5-6-7-12-20-9-11(21-12)8-19-10(2)23-16-13(15)22-14(18)17(3)4/h11-12H,2,5-9H2,1,3-4H3,(H2,15,16). The molecule has 2 unspecified atom stereocenters. The minimum atomic E-state index is -0.187. The highest BCUT2D eigenvalue weighted by Crippen LogP contribution is 2.22. The number of hydrogen-bond donors (Lipinski definition) is 1. The maximum Gasteiger partial charge on any atom is 0.288 e. The topological polar surface area (TPSA) is 86.4 Å². The molecule has 1 amide bonds. The van der Waals surface area contributed by atoms with Crippen molar-refractivity contribution in [3.05, 3.63) is 11.7 Å². The predicted molar refractivity (Wildman–Crippen MR) is 95.1 cm³/mol. The van der Waals surface area contributed by atoms with Gasteiger partial charge in [0, 0.05) is 25.9 Å². The van der Waals surface area contributed by atoms with Gasteiger partial charge in [-0.1, -0.05) is 13.3 Å². The first-order valence-electron chi connectivity index (χ1n) is 7.40. The Labute approximate surface area is 146 Å². The number of rotatable bonds is 8. The van der Waals surface area contributed by atoms with Crippen molar-refractivity contribution in [3.8, 4) is 0 Å². The van der Waals surface area contributed by atoms with Gasteiger partial charge in [0.2, 0.25) is 0 Å². The lowest BCUT2D eigenvalue weighted by atomic mass is 10.2. The van der Waals surface area contributed by atoms with Gasteiger partial charge in [-0.15, -0.1) is 0 Å². The highest BCUT2D eigenvalue weighted by atomic mass is 32.2. The highest BCUT2D eigenvalue weighted by molar-refractivity contribution is 8.26. The molecule has 23 heavy (non-hydrogen) atoms. The molecule has 1 heterocycles. The van der Waals surface area contributed by atoms with E-state index in [0.717, 1.165) is 43.0 Å². The number of carbonyl (C=O) groups is 1. The Kier molecular flexibility index (Phi) is 9.46. The fourth-order valence-corrected chi connectivity index (χ4v) is 2.56. The third-order valence-electron chi connectivity index (χ3n) is 2.83. The van der Waals surface area contributed by atoms with Gasteiger partial charge in [0.25, 0.3) is 5.24 Å². The van der Waals surface area contributed by atoms with Crippen molar-refractivity contribution >= 4 is 34.1 Å². The molecule has 0 radical (unpaired) electrons. The quantitative estimate of drug-likeness (QED) is 0.307. The van der Waals surface area contributed by atoms with Crippen LogP contribution in [0.15, 0.2) is 16.1 Å². The number of thioether (sulfide) groups is 1. The number of nitrogens with two attached hydrogens (primary N) is 1. The van der Waals surface area contributed by atoms with Crippen LogP contribution in [-0.2, 0) is 14.2 Å². The molecule has 9 heteroatoms. The van der Waals surface area contributed by atoms with Crippen molar-refractivity contribution in [2.75, 3.05) is 27.3 Å². The third-order valence-corrected chi connectivity index (χ3v) is 4.40. The van der Waals surface area contributed by atoms with Crippen LogP contribution in [0.1, 0.15) is 26.2 Å². The van der Waals surface area contributed by atoms with Gasteiger partial charge in [-0.05, 0) is 19.4 Å². The van der Waals surface area contributed by atoms with Crippen LogP contribution in [0.5, 0.6) is 0 Å². The first kappa shape index (κ1) is 20.1. The number of hydrogen-bond acceptors (Lipinski definition) is 7. The van der Waals surface area contributed by atoms with Crippen molar-refractivity contribution in [2.45, 2.75) is 38.6 Å². The maximum atomic E-state index is 11.4. The zero-order valence-electron chi connectivity index (χ0n) is 13.8. The lowest BCUT2D eigenvalue weighted by molar-refractivity contribution is -0.0710. The molecule has 2 atom stereocenters. The fraction of sp³-hybridized carbons (Fsp3) is 0.714. The summed E-state index contributed by atoms with van der Waals surface area (Å²) in [5, 5.41) is 0.359. The Balaban J connectivity index is 2.21. The van der Waals surface area contributed by atoms with Crippen LogP contribution in [0.2, 0.25) is 0 Å². The predicted octanol–water partition coefficient (Wildman–Crippen LogP) is 2.78. The molecule has 7 nitrogen and oxygen atoms in total. The Morgan fingerprint density at radius 1 is 1.52 bits per heavy atom. The second-order valence-corrected chi connectivity index (χ2v) is 6.92. The molecule has 1 fully saturated rings. The SMILES string of the molecule is C=C(OCC1COC(CCCC)O1)SN=C(N)SC(=O)N(C)C. The van der Waals surface area contributed by atoms with E-state index in [2.05, 4.69) is 17.9 Å². The zero-order valence-corrected chi connectivity index (χ0v) is 15.5. The summed E-state index contributed by atoms with van der Waals surface area (Å²) < 4.78 is 20.7. The molecule has 0 spiro atoms. The van der Waals surface area contributed by atoms with Crippen molar-refractivity contribution in [1.82, 2.24) is 4.90 Å². The average molecular weight is 364 g/mol. The summed E-state index contributed by atoms with van der Waals surface area (Å²) in [5.74, 6) is 0. The molecule has 0 saturated carbocycles. The van der Waals surface area contributed by atoms with Gasteiger partial charge in [0.1, 0.15) is 12.7 Å². The largest absolute Gasteiger partial charge is 0.483 e. The van der Waals surface area contributed by atoms with E-state index in [9.17, 15) is 4.79 Å². The Morgan fingerprint density at radius 3 is 2.91 bits per heavy atom. The lowest BCUT2D eigenvalue weighted by Gasteiger charge is -2.12. The number of unbranched alkanes of at least 4 members (excludes halogenated alkanes) is 1. The van der Waals surface area contributed by atoms with Gasteiger partial charge >= 0.3 is 0 Å². The molecular weight excluding hydrogens is 338 g/mol. The first-order chi connectivity index (χ1) is 10.9. The number of ether oxygens (including phenoxy) is 3. The summed E-state index contributed by atoms with van der Waals surface area (Å²) >= 11 is 1.85. The Bertz CT molecular complexity index is 432. The minimum Gasteiger partial charge on any atom is -0.483 e. The normalized spacial score (nSPS) is 21.3. The first-order valence-corrected chi connectivity index (χ1v) is 8.99. The Hall–Kier alpha value is -0.900. The van der Waals surface area contributed by atoms with E-state index < -0.39 is 0 Å². The van der Waals surface area contributed by atoms with E-state index in [1.165, 1.54) is 4.90 Å². The molecule has 1 rings (SSSR count). The fourth-order valence-electron chi connectivity index (χ4n) is 1.62. The van der Waals surface area contributed by atoms with Gasteiger partial charge in [0.05, 0.1) is 18.6 Å². The van der Waals surface area contributed by atoms with Crippen LogP contribution in [0.3, 0.4) is 0 Å². The van der Waals surface area contributed by atoms with Crippen LogP contribution in [0.25, 0.3) is 0 Å². The van der Waals surface area contributed by atoms with E-state index >= 15 is 0 Å². The van der Waals surface area contributed by atoms with E-state index in [1.54, 1.807) is 14.1 Å². The smallest absolute Gasteiger partial charge is 0.288 e. The molecule has 0 aromatic heterocycles. The van der Waals surface area contributed by atoms with Crippen molar-refractivity contribution in [2.24, 2.45) is 10.1 Å². The third kappa shape index (κ3) is 8.50. The van der Waals surface area contributed by atoms with E-state index in [1.807, 2.05) is 0 Å². The highest BCUT2D eigenvalue weighted by Gasteiger charge is 2.26. The molecule has 1 saturated heterocycles. The second kappa shape index (κ2) is 10.8. The molecular formula is C14H25N3O4S2. The summed E-state index contributed by atoms with van der Waals surface area (Å²) in [6.07, 6.45) is 2.87. The summed E-state index contributed by atoms with van der Waals surface area (Å²) in [6.45, 7) is 6.75. The molecule has 0 aromatic carbocycles. The van der Waals surface area contributed by atoms with Crippen LogP contribution < -0.4 is 5.73 Å². The van der Waals surface area contributed by atoms with Crippen LogP contribution in [-0.4, -0.2) is 55.0 Å². The summed E-state index contributed by atoms with van der Waals surface area (Å²) in [6, 6.07) is 0. The molecule has 1 aliphatic heterocycles. The van der Waals surface area contributed by atoms with Crippen LogP contribution >= 0.6 is 23.7 Å². The summed E-state index contributed by atoms with van der Waals surface area (Å²) in [7, 11) is 3.30. The molecule has 0 bridgehead atoms. The zero-order chi connectivity index (χ0) is 17.2. The van der Waals surface area contributed by atoms with Gasteiger partial charge in [-0.3, -0.25) is 4.79 Å². The lowest BCUT2D eigenvalue weighted by Crippen LogP contribution is -2.20. The monoisotopic (exact) mass is 363 g/mol. The van der Waals surface area contributed by atoms with Gasteiger partial charge < -0.3 is 24.8 Å². The van der Waals surface area contributed by atoms with E-state index in [4.69, 9.17) is 19.9 Å². The molecule has 2 N–H and O–H groups in total. The van der Waals surface area contributed by atoms with Crippen LogP contribution in [0.4, 0.5) is 4.79 Å². The van der Waals surface area contributed by atoms with Crippen molar-refractivity contribution in [3.63, 3.8) is 0 Å². The number of nitrogens with zero attached hydrogens (tertiary/aromatic N) is 2. The van der Waals surface area contributed by atoms with Gasteiger partial charge in [-0.2, -0.15) is 4.40 Å². The van der Waals surface area contributed by atoms with Gasteiger partial charge in [-0.25, -0.2) is 0 Å². The maximum absolute atomic E-state index is 11.4. The Morgan fingerprint density at radius 2 is 2.26 bits per heavy atom. The number of carbonyl (C=O) groups excluding carboxylic acids is 1. The van der Waals surface area contributed by atoms with Crippen molar-refractivity contribution < 1.29 is 19.0 Å². The second-order valence-electron chi connectivity index (χ2n) is 5.13. The van der Waals surface area contributed by atoms with E-state index in [0.29, 0.717) is 18.3 Å². The van der Waals surface area contributed by atoms with Gasteiger partial charge in [0.15, 0.2) is 16.5 Å². The summed E-state index contributed by atoms with van der Waals surface area (Å²) in [4.78, 5) is 12.9.